The Bertz CT molecular complexity index is 1220. The Hall–Kier alpha value is -3.20. The Morgan fingerprint density at radius 3 is 2.69 bits per heavy atom. The molecule has 0 spiro atoms. The van der Waals surface area contributed by atoms with E-state index in [0.717, 1.165) is 23.9 Å². The smallest absolute Gasteiger partial charge is 0.269 e. The molecule has 0 radical (unpaired) electrons. The third kappa shape index (κ3) is 2.72. The van der Waals surface area contributed by atoms with E-state index in [-0.39, 0.29) is 16.5 Å². The van der Waals surface area contributed by atoms with Crippen molar-refractivity contribution in [2.45, 2.75) is 23.8 Å². The number of imidazole rings is 1. The molecule has 1 saturated heterocycles. The highest BCUT2D eigenvalue weighted by Gasteiger charge is 2.43. The molecule has 2 amide bonds. The summed E-state index contributed by atoms with van der Waals surface area (Å²) in [5, 5.41) is 0. The molecule has 0 bridgehead atoms. The summed E-state index contributed by atoms with van der Waals surface area (Å²) in [6.45, 7) is -0.0118. The fourth-order valence-electron chi connectivity index (χ4n) is 4.08. The Morgan fingerprint density at radius 1 is 1.14 bits per heavy atom. The number of likely N-dealkylation sites (tertiary alicyclic amines) is 1. The van der Waals surface area contributed by atoms with Crippen molar-refractivity contribution in [1.29, 1.82) is 0 Å². The van der Waals surface area contributed by atoms with E-state index in [1.165, 1.54) is 12.1 Å². The summed E-state index contributed by atoms with van der Waals surface area (Å²) in [5.41, 5.74) is 1.81. The number of aromatic nitrogens is 2. The lowest BCUT2D eigenvalue weighted by Crippen LogP contribution is -2.42. The van der Waals surface area contributed by atoms with Crippen molar-refractivity contribution in [3.8, 4) is 0 Å². The number of H-pyrrole nitrogens is 1. The Morgan fingerprint density at radius 2 is 1.90 bits per heavy atom. The predicted molar refractivity (Wildman–Crippen MR) is 104 cm³/mol. The van der Waals surface area contributed by atoms with E-state index >= 15 is 0 Å². The summed E-state index contributed by atoms with van der Waals surface area (Å²) < 4.78 is 26.1. The fourth-order valence-corrected chi connectivity index (χ4v) is 5.60. The minimum atomic E-state index is -4.01. The summed E-state index contributed by atoms with van der Waals surface area (Å²) in [6.07, 6.45) is 1.51. The first-order chi connectivity index (χ1) is 14.0. The normalized spacial score (nSPS) is 20.4. The van der Waals surface area contributed by atoms with Gasteiger partial charge in [-0.1, -0.05) is 24.3 Å². The molecule has 1 fully saturated rings. The number of carbonyl (C=O) groups is 2. The maximum atomic E-state index is 13.0. The lowest BCUT2D eigenvalue weighted by molar-refractivity contribution is -0.132. The van der Waals surface area contributed by atoms with Crippen molar-refractivity contribution in [2.75, 3.05) is 13.1 Å². The highest BCUT2D eigenvalue weighted by Crippen LogP contribution is 2.33. The number of benzene rings is 2. The maximum absolute atomic E-state index is 13.0. The van der Waals surface area contributed by atoms with Crippen LogP contribution in [0.3, 0.4) is 0 Å². The lowest BCUT2D eigenvalue weighted by atomic mass is 10.2. The maximum Gasteiger partial charge on any atom is 0.269 e. The van der Waals surface area contributed by atoms with Crippen LogP contribution in [0, 0.1) is 0 Å². The number of hydrogen-bond acceptors (Lipinski definition) is 5. The third-order valence-corrected chi connectivity index (χ3v) is 7.27. The van der Waals surface area contributed by atoms with E-state index < -0.39 is 28.4 Å². The van der Waals surface area contributed by atoms with Crippen LogP contribution in [-0.4, -0.2) is 52.5 Å². The summed E-state index contributed by atoms with van der Waals surface area (Å²) in [7, 11) is -4.01. The van der Waals surface area contributed by atoms with Crippen LogP contribution in [0.5, 0.6) is 0 Å². The highest BCUT2D eigenvalue weighted by molar-refractivity contribution is 7.90. The molecule has 1 N–H and O–H groups in total. The van der Waals surface area contributed by atoms with Crippen molar-refractivity contribution >= 4 is 32.9 Å². The number of carbonyl (C=O) groups excluding carboxylic acids is 2. The van der Waals surface area contributed by atoms with Gasteiger partial charge in [0.1, 0.15) is 17.3 Å². The number of para-hydroxylation sites is 2. The van der Waals surface area contributed by atoms with Gasteiger partial charge >= 0.3 is 0 Å². The van der Waals surface area contributed by atoms with Crippen LogP contribution < -0.4 is 0 Å². The van der Waals surface area contributed by atoms with Gasteiger partial charge in [0.2, 0.25) is 5.91 Å². The van der Waals surface area contributed by atoms with Gasteiger partial charge in [-0.15, -0.1) is 0 Å². The van der Waals surface area contributed by atoms with Gasteiger partial charge in [-0.3, -0.25) is 9.59 Å². The van der Waals surface area contributed by atoms with Crippen LogP contribution in [0.1, 0.15) is 35.1 Å². The second-order valence-electron chi connectivity index (χ2n) is 7.20. The predicted octanol–water partition coefficient (Wildman–Crippen LogP) is 2.07. The third-order valence-electron chi connectivity index (χ3n) is 5.49. The van der Waals surface area contributed by atoms with E-state index in [2.05, 4.69) is 9.97 Å². The number of sulfonamides is 1. The number of hydrogen-bond donors (Lipinski definition) is 1. The second kappa shape index (κ2) is 6.41. The van der Waals surface area contributed by atoms with Crippen LogP contribution >= 0.6 is 0 Å². The van der Waals surface area contributed by atoms with Gasteiger partial charge in [0.25, 0.3) is 15.9 Å². The molecule has 2 aliphatic rings. The monoisotopic (exact) mass is 410 g/mol. The van der Waals surface area contributed by atoms with Gasteiger partial charge in [-0.05, 0) is 37.1 Å². The van der Waals surface area contributed by atoms with Crippen molar-refractivity contribution in [1.82, 2.24) is 19.2 Å². The summed E-state index contributed by atoms with van der Waals surface area (Å²) in [6, 6.07) is 13.4. The zero-order valence-electron chi connectivity index (χ0n) is 15.4. The quantitative estimate of drug-likeness (QED) is 0.712. The van der Waals surface area contributed by atoms with Gasteiger partial charge in [0, 0.05) is 6.54 Å². The van der Waals surface area contributed by atoms with Gasteiger partial charge in [0.05, 0.1) is 22.6 Å². The minimum absolute atomic E-state index is 0.0481. The summed E-state index contributed by atoms with van der Waals surface area (Å²) in [4.78, 5) is 35.0. The van der Waals surface area contributed by atoms with Gasteiger partial charge in [0.15, 0.2) is 0 Å². The topological polar surface area (TPSA) is 103 Å². The molecule has 0 unspecified atom stereocenters. The molecule has 2 aliphatic heterocycles. The van der Waals surface area contributed by atoms with E-state index in [1.54, 1.807) is 17.0 Å². The molecule has 5 rings (SSSR count). The SMILES string of the molecule is O=C(CN1C(=O)c2ccccc2S1(=O)=O)N1CCC[C@@H]1c1nc2ccccc2[nH]1. The number of amides is 2. The molecule has 1 atom stereocenters. The first-order valence-electron chi connectivity index (χ1n) is 9.37. The summed E-state index contributed by atoms with van der Waals surface area (Å²) in [5.74, 6) is -0.387. The Balaban J connectivity index is 1.41. The first kappa shape index (κ1) is 17.9. The van der Waals surface area contributed by atoms with E-state index in [1.807, 2.05) is 24.3 Å². The molecule has 29 heavy (non-hydrogen) atoms. The number of nitrogens with zero attached hydrogens (tertiary/aromatic N) is 3. The molecule has 0 aliphatic carbocycles. The van der Waals surface area contributed by atoms with E-state index in [9.17, 15) is 18.0 Å². The minimum Gasteiger partial charge on any atom is -0.340 e. The molecular formula is C20H18N4O4S. The van der Waals surface area contributed by atoms with Crippen LogP contribution in [0.2, 0.25) is 0 Å². The van der Waals surface area contributed by atoms with Crippen LogP contribution in [0.4, 0.5) is 0 Å². The zero-order valence-corrected chi connectivity index (χ0v) is 16.2. The average Bonchev–Trinajstić information content (AvgIpc) is 3.41. The summed E-state index contributed by atoms with van der Waals surface area (Å²) >= 11 is 0. The Kier molecular flexibility index (Phi) is 3.95. The van der Waals surface area contributed by atoms with Gasteiger partial charge < -0.3 is 9.88 Å². The van der Waals surface area contributed by atoms with E-state index in [0.29, 0.717) is 16.7 Å². The van der Waals surface area contributed by atoms with Crippen LogP contribution in [-0.2, 0) is 14.8 Å². The first-order valence-corrected chi connectivity index (χ1v) is 10.8. The van der Waals surface area contributed by atoms with Crippen LogP contribution in [0.15, 0.2) is 53.4 Å². The van der Waals surface area contributed by atoms with Crippen molar-refractivity contribution < 1.29 is 18.0 Å². The fraction of sp³-hybridized carbons (Fsp3) is 0.250. The van der Waals surface area contributed by atoms with Gasteiger partial charge in [-0.25, -0.2) is 17.7 Å². The molecule has 2 aromatic carbocycles. The average molecular weight is 410 g/mol. The number of fused-ring (bicyclic) bond motifs is 2. The largest absolute Gasteiger partial charge is 0.340 e. The number of nitrogens with one attached hydrogen (secondary N) is 1. The molecule has 148 valence electrons. The molecule has 0 saturated carbocycles. The zero-order chi connectivity index (χ0) is 20.2. The van der Waals surface area contributed by atoms with Crippen LogP contribution in [0.25, 0.3) is 11.0 Å². The second-order valence-corrected chi connectivity index (χ2v) is 9.03. The molecular weight excluding hydrogens is 392 g/mol. The molecule has 3 aromatic rings. The van der Waals surface area contributed by atoms with Crippen molar-refractivity contribution in [3.05, 3.63) is 59.9 Å². The highest BCUT2D eigenvalue weighted by atomic mass is 32.2. The number of rotatable bonds is 3. The molecule has 8 nitrogen and oxygen atoms in total. The number of aromatic amines is 1. The standard InChI is InChI=1S/C20H18N4O4S/c25-18(12-24-20(26)13-6-1-4-10-17(13)29(24,27)28)23-11-5-9-16(23)19-21-14-7-2-3-8-15(14)22-19/h1-4,6-8,10,16H,5,9,11-12H2,(H,21,22)/t16-/m1/s1. The Labute approximate surface area is 167 Å². The van der Waals surface area contributed by atoms with Crippen molar-refractivity contribution in [2.24, 2.45) is 0 Å². The van der Waals surface area contributed by atoms with Crippen molar-refractivity contribution in [3.63, 3.8) is 0 Å². The molecule has 3 heterocycles. The van der Waals surface area contributed by atoms with E-state index in [4.69, 9.17) is 0 Å². The lowest BCUT2D eigenvalue weighted by Gasteiger charge is -2.25. The van der Waals surface area contributed by atoms with Gasteiger partial charge in [-0.2, -0.15) is 0 Å². The molecule has 1 aromatic heterocycles. The molecule has 9 heteroatoms.